The number of unbranched alkanes of at least 4 members (excludes halogenated alkanes) is 1. The van der Waals surface area contributed by atoms with Gasteiger partial charge < -0.3 is 4.90 Å². The highest BCUT2D eigenvalue weighted by Gasteiger charge is 2.28. The Morgan fingerprint density at radius 1 is 1.06 bits per heavy atom. The van der Waals surface area contributed by atoms with Gasteiger partial charge in [-0.15, -0.1) is 0 Å². The number of para-hydroxylation sites is 1. The third kappa shape index (κ3) is 4.59. The monoisotopic (exact) mass is 477 g/mol. The van der Waals surface area contributed by atoms with E-state index in [-0.39, 0.29) is 11.1 Å². The van der Waals surface area contributed by atoms with Gasteiger partial charge in [-0.05, 0) is 61.9 Å². The maximum absolute atomic E-state index is 14.5. The average molecular weight is 478 g/mol. The molecule has 0 bridgehead atoms. The van der Waals surface area contributed by atoms with Crippen molar-refractivity contribution in [3.05, 3.63) is 105 Å². The van der Waals surface area contributed by atoms with Crippen LogP contribution in [0.4, 0.5) is 4.39 Å². The summed E-state index contributed by atoms with van der Waals surface area (Å²) in [6, 6.07) is 19.3. The molecule has 174 valence electrons. The molecule has 0 spiro atoms. The highest BCUT2D eigenvalue weighted by Crippen LogP contribution is 2.26. The van der Waals surface area contributed by atoms with E-state index in [1.54, 1.807) is 59.5 Å². The first-order chi connectivity index (χ1) is 16.4. The summed E-state index contributed by atoms with van der Waals surface area (Å²) in [5.41, 5.74) is 0.867. The quantitative estimate of drug-likeness (QED) is 0.319. The molecule has 0 aliphatic heterocycles. The zero-order valence-electron chi connectivity index (χ0n) is 19.0. The zero-order valence-corrected chi connectivity index (χ0v) is 19.8. The van der Waals surface area contributed by atoms with Crippen LogP contribution in [-0.2, 0) is 0 Å². The highest BCUT2D eigenvalue weighted by atomic mass is 35.5. The fourth-order valence-corrected chi connectivity index (χ4v) is 4.12. The first-order valence-corrected chi connectivity index (χ1v) is 11.6. The molecule has 0 aliphatic carbocycles. The SMILES string of the molecule is CCCCN(C(=O)c1ccccc1F)C(C)c1nc2ccccc2c(=O)n1-c1ccc(Cl)cc1. The molecule has 0 radical (unpaired) electrons. The number of hydrogen-bond acceptors (Lipinski definition) is 3. The number of halogens is 2. The van der Waals surface area contributed by atoms with Gasteiger partial charge in [0.15, 0.2) is 0 Å². The van der Waals surface area contributed by atoms with E-state index in [1.165, 1.54) is 16.7 Å². The first kappa shape index (κ1) is 23.6. The fourth-order valence-electron chi connectivity index (χ4n) is 4.00. The van der Waals surface area contributed by atoms with Crippen LogP contribution < -0.4 is 5.56 Å². The minimum absolute atomic E-state index is 0.00775. The lowest BCUT2D eigenvalue weighted by molar-refractivity contribution is 0.0673. The number of aromatic nitrogens is 2. The Morgan fingerprint density at radius 2 is 1.74 bits per heavy atom. The number of rotatable bonds is 7. The van der Waals surface area contributed by atoms with Gasteiger partial charge in [0.2, 0.25) is 0 Å². The lowest BCUT2D eigenvalue weighted by atomic mass is 10.1. The van der Waals surface area contributed by atoms with Gasteiger partial charge in [0, 0.05) is 11.6 Å². The van der Waals surface area contributed by atoms with Gasteiger partial charge >= 0.3 is 0 Å². The van der Waals surface area contributed by atoms with E-state index in [1.807, 2.05) is 19.9 Å². The first-order valence-electron chi connectivity index (χ1n) is 11.3. The van der Waals surface area contributed by atoms with Gasteiger partial charge in [-0.1, -0.05) is 49.2 Å². The van der Waals surface area contributed by atoms with Crippen molar-refractivity contribution in [2.75, 3.05) is 6.54 Å². The molecule has 1 aromatic heterocycles. The fraction of sp³-hybridized carbons (Fsp3) is 0.222. The van der Waals surface area contributed by atoms with Gasteiger partial charge in [-0.3, -0.25) is 14.2 Å². The van der Waals surface area contributed by atoms with Crippen molar-refractivity contribution in [1.29, 1.82) is 0 Å². The lowest BCUT2D eigenvalue weighted by Gasteiger charge is -2.31. The van der Waals surface area contributed by atoms with E-state index in [2.05, 4.69) is 0 Å². The third-order valence-corrected chi connectivity index (χ3v) is 6.10. The predicted octanol–water partition coefficient (Wildman–Crippen LogP) is 6.18. The Bertz CT molecular complexity index is 1390. The van der Waals surface area contributed by atoms with E-state index < -0.39 is 17.8 Å². The molecule has 0 saturated carbocycles. The molecule has 1 amide bonds. The van der Waals surface area contributed by atoms with E-state index in [9.17, 15) is 14.0 Å². The summed E-state index contributed by atoms with van der Waals surface area (Å²) in [6.07, 6.45) is 1.58. The topological polar surface area (TPSA) is 55.2 Å². The summed E-state index contributed by atoms with van der Waals surface area (Å²) in [4.78, 5) is 33.5. The van der Waals surface area contributed by atoms with E-state index >= 15 is 0 Å². The van der Waals surface area contributed by atoms with Crippen molar-refractivity contribution in [3.63, 3.8) is 0 Å². The molecular formula is C27H25ClFN3O2. The Balaban J connectivity index is 1.91. The molecule has 0 N–H and O–H groups in total. The molecule has 0 fully saturated rings. The zero-order chi connectivity index (χ0) is 24.2. The number of fused-ring (bicyclic) bond motifs is 1. The van der Waals surface area contributed by atoms with Crippen molar-refractivity contribution >= 4 is 28.4 Å². The van der Waals surface area contributed by atoms with Gasteiger partial charge in [0.1, 0.15) is 11.6 Å². The molecule has 5 nitrogen and oxygen atoms in total. The highest BCUT2D eigenvalue weighted by molar-refractivity contribution is 6.30. The van der Waals surface area contributed by atoms with Crippen LogP contribution in [0.15, 0.2) is 77.6 Å². The van der Waals surface area contributed by atoms with Crippen molar-refractivity contribution in [2.45, 2.75) is 32.7 Å². The number of carbonyl (C=O) groups excluding carboxylic acids is 1. The standard InChI is InChI=1S/C27H25ClFN3O2/c1-3-4-17-31(26(33)21-9-5-7-11-23(21)29)18(2)25-30-24-12-8-6-10-22(24)27(34)32(25)20-15-13-19(28)14-16-20/h5-16,18H,3-4,17H2,1-2H3. The summed E-state index contributed by atoms with van der Waals surface area (Å²) < 4.78 is 16.0. The largest absolute Gasteiger partial charge is 0.329 e. The smallest absolute Gasteiger partial charge is 0.266 e. The molecule has 3 aromatic carbocycles. The Hall–Kier alpha value is -3.51. The van der Waals surface area contributed by atoms with Crippen LogP contribution in [0.2, 0.25) is 5.02 Å². The molecule has 1 heterocycles. The number of nitrogens with zero attached hydrogens (tertiary/aromatic N) is 3. The molecule has 7 heteroatoms. The molecular weight excluding hydrogens is 453 g/mol. The second-order valence-electron chi connectivity index (χ2n) is 8.11. The third-order valence-electron chi connectivity index (χ3n) is 5.85. The van der Waals surface area contributed by atoms with Crippen LogP contribution in [0.25, 0.3) is 16.6 Å². The predicted molar refractivity (Wildman–Crippen MR) is 133 cm³/mol. The van der Waals surface area contributed by atoms with Gasteiger partial charge in [-0.25, -0.2) is 9.37 Å². The maximum atomic E-state index is 14.5. The van der Waals surface area contributed by atoms with Crippen molar-refractivity contribution < 1.29 is 9.18 Å². The Morgan fingerprint density at radius 3 is 2.44 bits per heavy atom. The van der Waals surface area contributed by atoms with E-state index in [0.29, 0.717) is 34.0 Å². The molecule has 0 saturated heterocycles. The molecule has 0 aliphatic rings. The minimum atomic E-state index is -0.605. The van der Waals surface area contributed by atoms with Crippen LogP contribution in [0.5, 0.6) is 0 Å². The lowest BCUT2D eigenvalue weighted by Crippen LogP contribution is -2.38. The second-order valence-corrected chi connectivity index (χ2v) is 8.55. The summed E-state index contributed by atoms with van der Waals surface area (Å²) in [5, 5.41) is 1.01. The maximum Gasteiger partial charge on any atom is 0.266 e. The average Bonchev–Trinajstić information content (AvgIpc) is 2.85. The number of benzene rings is 3. The van der Waals surface area contributed by atoms with Crippen LogP contribution in [0.3, 0.4) is 0 Å². The number of carbonyl (C=O) groups is 1. The molecule has 34 heavy (non-hydrogen) atoms. The second kappa shape index (κ2) is 10.2. The summed E-state index contributed by atoms with van der Waals surface area (Å²) in [7, 11) is 0. The van der Waals surface area contributed by atoms with Gasteiger partial charge in [0.25, 0.3) is 11.5 Å². The summed E-state index contributed by atoms with van der Waals surface area (Å²) in [6.45, 7) is 4.24. The Labute approximate surface area is 202 Å². The number of hydrogen-bond donors (Lipinski definition) is 0. The Kier molecular flexibility index (Phi) is 7.08. The summed E-state index contributed by atoms with van der Waals surface area (Å²) in [5.74, 6) is -0.626. The van der Waals surface area contributed by atoms with E-state index in [4.69, 9.17) is 16.6 Å². The van der Waals surface area contributed by atoms with Crippen LogP contribution >= 0.6 is 11.6 Å². The van der Waals surface area contributed by atoms with Crippen molar-refractivity contribution in [2.24, 2.45) is 0 Å². The van der Waals surface area contributed by atoms with Crippen LogP contribution in [-0.4, -0.2) is 26.9 Å². The van der Waals surface area contributed by atoms with Gasteiger partial charge in [0.05, 0.1) is 28.2 Å². The van der Waals surface area contributed by atoms with Crippen molar-refractivity contribution in [1.82, 2.24) is 14.5 Å². The molecule has 1 unspecified atom stereocenters. The van der Waals surface area contributed by atoms with Crippen LogP contribution in [0.1, 0.15) is 48.9 Å². The molecule has 1 atom stereocenters. The minimum Gasteiger partial charge on any atom is -0.329 e. The van der Waals surface area contributed by atoms with Crippen molar-refractivity contribution in [3.8, 4) is 5.69 Å². The summed E-state index contributed by atoms with van der Waals surface area (Å²) >= 11 is 6.08. The molecule has 4 aromatic rings. The normalized spacial score (nSPS) is 12.0. The van der Waals surface area contributed by atoms with Gasteiger partial charge in [-0.2, -0.15) is 0 Å². The van der Waals surface area contributed by atoms with E-state index in [0.717, 1.165) is 12.8 Å². The molecule has 4 rings (SSSR count). The number of amides is 1. The van der Waals surface area contributed by atoms with Crippen LogP contribution in [0, 0.1) is 5.82 Å².